The topological polar surface area (TPSA) is 110 Å². The molecule has 0 aromatic carbocycles. The third-order valence-corrected chi connectivity index (χ3v) is 5.16. The van der Waals surface area contributed by atoms with E-state index in [1.807, 2.05) is 0 Å². The van der Waals surface area contributed by atoms with E-state index < -0.39 is 44.6 Å². The standard InChI is InChI=1S/C12H17F3N2O4S/c1-22(20,21)8-4-2-7(3-5-8)17-10(12(13,14)15)9(6-16)11(18)19/h6-8H,2-5,16H2,1H3,(H,18,19). The fourth-order valence-electron chi connectivity index (χ4n) is 2.33. The molecule has 0 aromatic heterocycles. The fraction of sp³-hybridized carbons (Fsp3) is 0.667. The van der Waals surface area contributed by atoms with Gasteiger partial charge in [-0.3, -0.25) is 4.99 Å². The first kappa shape index (κ1) is 18.5. The molecule has 1 aliphatic rings. The Morgan fingerprint density at radius 2 is 1.77 bits per heavy atom. The maximum atomic E-state index is 13.0. The zero-order chi connectivity index (χ0) is 17.1. The van der Waals surface area contributed by atoms with Crippen LogP contribution in [0, 0.1) is 0 Å². The molecule has 0 aromatic rings. The van der Waals surface area contributed by atoms with E-state index in [0.29, 0.717) is 6.20 Å². The van der Waals surface area contributed by atoms with Crippen molar-refractivity contribution in [3.05, 3.63) is 11.8 Å². The van der Waals surface area contributed by atoms with E-state index in [4.69, 9.17) is 10.8 Å². The molecule has 0 saturated heterocycles. The molecule has 10 heteroatoms. The van der Waals surface area contributed by atoms with E-state index in [9.17, 15) is 26.4 Å². The van der Waals surface area contributed by atoms with Crippen molar-refractivity contribution < 1.29 is 31.5 Å². The molecule has 6 nitrogen and oxygen atoms in total. The van der Waals surface area contributed by atoms with Crippen LogP contribution < -0.4 is 5.73 Å². The maximum Gasteiger partial charge on any atom is 0.433 e. The number of aliphatic carboxylic acids is 1. The van der Waals surface area contributed by atoms with Gasteiger partial charge in [-0.05, 0) is 25.7 Å². The van der Waals surface area contributed by atoms with Gasteiger partial charge in [-0.25, -0.2) is 13.2 Å². The minimum absolute atomic E-state index is 0.148. The fourth-order valence-corrected chi connectivity index (χ4v) is 3.46. The van der Waals surface area contributed by atoms with Crippen LogP contribution in [-0.2, 0) is 14.6 Å². The molecule has 0 bridgehead atoms. The number of rotatable bonds is 4. The summed E-state index contributed by atoms with van der Waals surface area (Å²) < 4.78 is 61.7. The second-order valence-corrected chi connectivity index (χ2v) is 7.45. The molecule has 0 radical (unpaired) electrons. The lowest BCUT2D eigenvalue weighted by Gasteiger charge is -2.26. The van der Waals surface area contributed by atoms with E-state index >= 15 is 0 Å². The molecule has 0 atom stereocenters. The highest BCUT2D eigenvalue weighted by Crippen LogP contribution is 2.29. The van der Waals surface area contributed by atoms with Crippen LogP contribution >= 0.6 is 0 Å². The second-order valence-electron chi connectivity index (χ2n) is 5.12. The number of halogens is 3. The summed E-state index contributed by atoms with van der Waals surface area (Å²) in [5.41, 5.74) is 2.30. The number of carboxylic acid groups (broad SMARTS) is 1. The molecule has 1 saturated carbocycles. The summed E-state index contributed by atoms with van der Waals surface area (Å²) in [5.74, 6) is -1.82. The van der Waals surface area contributed by atoms with Crippen LogP contribution in [0.15, 0.2) is 16.8 Å². The van der Waals surface area contributed by atoms with Crippen LogP contribution in [0.1, 0.15) is 25.7 Å². The number of nitrogens with two attached hydrogens (primary N) is 1. The Morgan fingerprint density at radius 3 is 2.09 bits per heavy atom. The highest BCUT2D eigenvalue weighted by molar-refractivity contribution is 7.91. The lowest BCUT2D eigenvalue weighted by Crippen LogP contribution is -2.33. The molecule has 1 fully saturated rings. The molecule has 0 amide bonds. The Balaban J connectivity index is 3.00. The van der Waals surface area contributed by atoms with Crippen molar-refractivity contribution in [2.75, 3.05) is 6.26 Å². The van der Waals surface area contributed by atoms with Crippen molar-refractivity contribution >= 4 is 21.5 Å². The van der Waals surface area contributed by atoms with E-state index in [0.717, 1.165) is 6.26 Å². The van der Waals surface area contributed by atoms with Crippen molar-refractivity contribution in [2.24, 2.45) is 10.7 Å². The van der Waals surface area contributed by atoms with Crippen LogP contribution in [0.2, 0.25) is 0 Å². The SMILES string of the molecule is CS(=O)(=O)C1CCC(N=C(C(=CN)C(=O)O)C(F)(F)F)CC1. The Hall–Kier alpha value is -1.58. The van der Waals surface area contributed by atoms with Crippen molar-refractivity contribution in [3.8, 4) is 0 Å². The first-order valence-corrected chi connectivity index (χ1v) is 8.41. The smallest absolute Gasteiger partial charge is 0.433 e. The summed E-state index contributed by atoms with van der Waals surface area (Å²) in [6, 6.07) is -0.774. The van der Waals surface area contributed by atoms with Crippen LogP contribution in [-0.4, -0.2) is 48.9 Å². The van der Waals surface area contributed by atoms with Gasteiger partial charge in [-0.15, -0.1) is 0 Å². The van der Waals surface area contributed by atoms with Gasteiger partial charge in [0.15, 0.2) is 5.71 Å². The minimum atomic E-state index is -4.95. The largest absolute Gasteiger partial charge is 0.478 e. The zero-order valence-corrected chi connectivity index (χ0v) is 12.6. The first-order chi connectivity index (χ1) is 9.96. The van der Waals surface area contributed by atoms with Crippen molar-refractivity contribution in [2.45, 2.75) is 43.2 Å². The molecule has 0 spiro atoms. The van der Waals surface area contributed by atoms with Gasteiger partial charge in [0.05, 0.1) is 11.3 Å². The van der Waals surface area contributed by atoms with Gasteiger partial charge < -0.3 is 10.8 Å². The summed E-state index contributed by atoms with van der Waals surface area (Å²) >= 11 is 0. The van der Waals surface area contributed by atoms with Gasteiger partial charge in [-0.2, -0.15) is 13.2 Å². The molecule has 1 rings (SSSR count). The minimum Gasteiger partial charge on any atom is -0.478 e. The third kappa shape index (κ3) is 4.72. The van der Waals surface area contributed by atoms with Gasteiger partial charge >= 0.3 is 12.1 Å². The molecule has 22 heavy (non-hydrogen) atoms. The van der Waals surface area contributed by atoms with Crippen LogP contribution in [0.3, 0.4) is 0 Å². The highest BCUT2D eigenvalue weighted by Gasteiger charge is 2.41. The van der Waals surface area contributed by atoms with E-state index in [1.165, 1.54) is 0 Å². The number of alkyl halides is 3. The molecule has 1 aliphatic carbocycles. The lowest BCUT2D eigenvalue weighted by atomic mass is 9.95. The Kier molecular flexibility index (Phi) is 5.60. The van der Waals surface area contributed by atoms with Crippen LogP contribution in [0.5, 0.6) is 0 Å². The van der Waals surface area contributed by atoms with E-state index in [-0.39, 0.29) is 25.7 Å². The number of aliphatic imine (C=N–C) groups is 1. The zero-order valence-electron chi connectivity index (χ0n) is 11.8. The number of carboxylic acids is 1. The number of carbonyl (C=O) groups is 1. The van der Waals surface area contributed by atoms with Gasteiger partial charge in [-0.1, -0.05) is 0 Å². The number of hydrogen-bond donors (Lipinski definition) is 2. The molecular formula is C12H17F3N2O4S. The average molecular weight is 342 g/mol. The predicted molar refractivity (Wildman–Crippen MR) is 74.3 cm³/mol. The van der Waals surface area contributed by atoms with Crippen LogP contribution in [0.4, 0.5) is 13.2 Å². The van der Waals surface area contributed by atoms with Gasteiger partial charge in [0.25, 0.3) is 0 Å². The Morgan fingerprint density at radius 1 is 1.27 bits per heavy atom. The average Bonchev–Trinajstić information content (AvgIpc) is 2.36. The van der Waals surface area contributed by atoms with Crippen molar-refractivity contribution in [1.82, 2.24) is 0 Å². The van der Waals surface area contributed by atoms with Gasteiger partial charge in [0.1, 0.15) is 15.4 Å². The lowest BCUT2D eigenvalue weighted by molar-refractivity contribution is -0.132. The summed E-state index contributed by atoms with van der Waals surface area (Å²) in [5, 5.41) is 8.19. The molecule has 0 heterocycles. The van der Waals surface area contributed by atoms with E-state index in [1.54, 1.807) is 0 Å². The quantitative estimate of drug-likeness (QED) is 0.591. The number of sulfone groups is 1. The molecule has 0 unspecified atom stereocenters. The normalized spacial score (nSPS) is 25.1. The van der Waals surface area contributed by atoms with Gasteiger partial charge in [0.2, 0.25) is 0 Å². The molecule has 0 aliphatic heterocycles. The molecule has 3 N–H and O–H groups in total. The summed E-state index contributed by atoms with van der Waals surface area (Å²) in [4.78, 5) is 14.3. The van der Waals surface area contributed by atoms with Crippen LogP contribution in [0.25, 0.3) is 0 Å². The number of nitrogens with zero attached hydrogens (tertiary/aromatic N) is 1. The number of hydrogen-bond acceptors (Lipinski definition) is 5. The maximum absolute atomic E-state index is 13.0. The summed E-state index contributed by atoms with van der Waals surface area (Å²) in [6.45, 7) is 0. The first-order valence-electron chi connectivity index (χ1n) is 6.46. The molecule has 126 valence electrons. The summed E-state index contributed by atoms with van der Waals surface area (Å²) in [7, 11) is -3.24. The predicted octanol–water partition coefficient (Wildman–Crippen LogP) is 1.27. The summed E-state index contributed by atoms with van der Waals surface area (Å²) in [6.07, 6.45) is -2.81. The van der Waals surface area contributed by atoms with Gasteiger partial charge in [0, 0.05) is 12.5 Å². The highest BCUT2D eigenvalue weighted by atomic mass is 32.2. The third-order valence-electron chi connectivity index (χ3n) is 3.48. The van der Waals surface area contributed by atoms with Crippen molar-refractivity contribution in [3.63, 3.8) is 0 Å². The molecular weight excluding hydrogens is 325 g/mol. The second kappa shape index (κ2) is 6.67. The Bertz CT molecular complexity index is 588. The van der Waals surface area contributed by atoms with E-state index in [2.05, 4.69) is 4.99 Å². The monoisotopic (exact) mass is 342 g/mol. The Labute approximate surface area is 125 Å². The van der Waals surface area contributed by atoms with Crippen molar-refractivity contribution in [1.29, 1.82) is 0 Å².